The summed E-state index contributed by atoms with van der Waals surface area (Å²) < 4.78 is 0. The monoisotopic (exact) mass is 205 g/mol. The Morgan fingerprint density at radius 3 is 2.00 bits per heavy atom. The van der Waals surface area contributed by atoms with Crippen molar-refractivity contribution in [1.82, 2.24) is 0 Å². The van der Waals surface area contributed by atoms with Gasteiger partial charge in [0.25, 0.3) is 0 Å². The predicted octanol–water partition coefficient (Wildman–Crippen LogP) is 3.30. The van der Waals surface area contributed by atoms with Gasteiger partial charge in [-0.2, -0.15) is 0 Å². The first-order valence-electron chi connectivity index (χ1n) is 5.91. The van der Waals surface area contributed by atoms with Crippen molar-refractivity contribution in [1.29, 1.82) is 0 Å². The van der Waals surface area contributed by atoms with E-state index in [4.69, 9.17) is 5.73 Å². The fraction of sp³-hybridized carbons (Fsp3) is 0.571. The second-order valence-corrected chi connectivity index (χ2v) is 4.57. The Morgan fingerprint density at radius 2 is 1.60 bits per heavy atom. The van der Waals surface area contributed by atoms with E-state index in [0.29, 0.717) is 5.41 Å². The van der Waals surface area contributed by atoms with Crippen molar-refractivity contribution in [2.75, 3.05) is 6.54 Å². The highest BCUT2D eigenvalue weighted by Crippen LogP contribution is 2.29. The largest absolute Gasteiger partial charge is 0.330 e. The van der Waals surface area contributed by atoms with Gasteiger partial charge in [-0.05, 0) is 43.7 Å². The summed E-state index contributed by atoms with van der Waals surface area (Å²) in [6.45, 7) is 7.39. The van der Waals surface area contributed by atoms with Gasteiger partial charge in [-0.3, -0.25) is 0 Å². The van der Waals surface area contributed by atoms with Crippen molar-refractivity contribution >= 4 is 0 Å². The van der Waals surface area contributed by atoms with Crippen LogP contribution in [-0.4, -0.2) is 6.54 Å². The topological polar surface area (TPSA) is 26.0 Å². The van der Waals surface area contributed by atoms with Crippen LogP contribution in [0, 0.1) is 12.3 Å². The summed E-state index contributed by atoms with van der Waals surface area (Å²) in [5.74, 6) is 0. The SMILES string of the molecule is CCC(CC)(CN)Cc1ccc(C)cc1. The van der Waals surface area contributed by atoms with E-state index in [1.807, 2.05) is 0 Å². The molecule has 0 aromatic heterocycles. The van der Waals surface area contributed by atoms with Gasteiger partial charge in [-0.1, -0.05) is 43.7 Å². The number of rotatable bonds is 5. The van der Waals surface area contributed by atoms with E-state index in [-0.39, 0.29) is 0 Å². The molecule has 0 heterocycles. The Hall–Kier alpha value is -0.820. The Bertz CT molecular complexity index is 274. The Kier molecular flexibility index (Phi) is 4.34. The molecule has 1 heteroatoms. The van der Waals surface area contributed by atoms with Crippen LogP contribution in [0.2, 0.25) is 0 Å². The normalized spacial score (nSPS) is 11.7. The molecule has 0 fully saturated rings. The number of hydrogen-bond acceptors (Lipinski definition) is 1. The molecule has 0 saturated heterocycles. The lowest BCUT2D eigenvalue weighted by Crippen LogP contribution is -2.31. The van der Waals surface area contributed by atoms with Gasteiger partial charge in [0.2, 0.25) is 0 Å². The first kappa shape index (κ1) is 12.3. The number of aryl methyl sites for hydroxylation is 1. The zero-order chi connectivity index (χ0) is 11.3. The minimum atomic E-state index is 0.301. The Morgan fingerprint density at radius 1 is 1.07 bits per heavy atom. The average molecular weight is 205 g/mol. The molecule has 1 aromatic rings. The molecule has 0 bridgehead atoms. The molecule has 0 radical (unpaired) electrons. The summed E-state index contributed by atoms with van der Waals surface area (Å²) in [4.78, 5) is 0. The third kappa shape index (κ3) is 3.07. The van der Waals surface area contributed by atoms with Crippen LogP contribution in [0.15, 0.2) is 24.3 Å². The van der Waals surface area contributed by atoms with Crippen LogP contribution >= 0.6 is 0 Å². The molecule has 1 nitrogen and oxygen atoms in total. The standard InChI is InChI=1S/C14H23N/c1-4-14(5-2,11-15)10-13-8-6-12(3)7-9-13/h6-9H,4-5,10-11,15H2,1-3H3. The van der Waals surface area contributed by atoms with Crippen LogP contribution in [0.3, 0.4) is 0 Å². The van der Waals surface area contributed by atoms with Crippen molar-refractivity contribution in [3.05, 3.63) is 35.4 Å². The lowest BCUT2D eigenvalue weighted by Gasteiger charge is -2.30. The third-order valence-corrected chi connectivity index (χ3v) is 3.63. The second-order valence-electron chi connectivity index (χ2n) is 4.57. The lowest BCUT2D eigenvalue weighted by atomic mass is 9.77. The first-order chi connectivity index (χ1) is 7.15. The number of benzene rings is 1. The van der Waals surface area contributed by atoms with Crippen molar-refractivity contribution in [2.45, 2.75) is 40.0 Å². The summed E-state index contributed by atoms with van der Waals surface area (Å²) in [6.07, 6.45) is 3.43. The zero-order valence-electron chi connectivity index (χ0n) is 10.2. The first-order valence-corrected chi connectivity index (χ1v) is 5.91. The minimum Gasteiger partial charge on any atom is -0.330 e. The molecule has 1 aromatic carbocycles. The van der Waals surface area contributed by atoms with Crippen molar-refractivity contribution < 1.29 is 0 Å². The molecule has 0 aliphatic heterocycles. The van der Waals surface area contributed by atoms with E-state index < -0.39 is 0 Å². The molecular weight excluding hydrogens is 182 g/mol. The Labute approximate surface area is 93.7 Å². The Balaban J connectivity index is 2.78. The molecule has 15 heavy (non-hydrogen) atoms. The summed E-state index contributed by atoms with van der Waals surface area (Å²) in [5, 5.41) is 0. The van der Waals surface area contributed by atoms with E-state index in [1.165, 1.54) is 11.1 Å². The minimum absolute atomic E-state index is 0.301. The van der Waals surface area contributed by atoms with E-state index in [0.717, 1.165) is 25.8 Å². The molecule has 1 rings (SSSR count). The predicted molar refractivity (Wildman–Crippen MR) is 67.0 cm³/mol. The van der Waals surface area contributed by atoms with Crippen molar-refractivity contribution in [3.8, 4) is 0 Å². The van der Waals surface area contributed by atoms with Gasteiger partial charge in [0, 0.05) is 0 Å². The summed E-state index contributed by atoms with van der Waals surface area (Å²) >= 11 is 0. The maximum Gasteiger partial charge on any atom is -0.00175 e. The number of hydrogen-bond donors (Lipinski definition) is 1. The molecular formula is C14H23N. The van der Waals surface area contributed by atoms with Gasteiger partial charge >= 0.3 is 0 Å². The van der Waals surface area contributed by atoms with Crippen LogP contribution in [0.4, 0.5) is 0 Å². The van der Waals surface area contributed by atoms with Gasteiger partial charge in [0.1, 0.15) is 0 Å². The maximum atomic E-state index is 5.91. The van der Waals surface area contributed by atoms with Gasteiger partial charge in [-0.25, -0.2) is 0 Å². The highest BCUT2D eigenvalue weighted by Gasteiger charge is 2.24. The molecule has 0 amide bonds. The number of nitrogens with two attached hydrogens (primary N) is 1. The molecule has 2 N–H and O–H groups in total. The van der Waals surface area contributed by atoms with Crippen LogP contribution < -0.4 is 5.73 Å². The molecule has 0 unspecified atom stereocenters. The second kappa shape index (κ2) is 5.32. The zero-order valence-corrected chi connectivity index (χ0v) is 10.2. The van der Waals surface area contributed by atoms with Gasteiger partial charge in [0.05, 0.1) is 0 Å². The quantitative estimate of drug-likeness (QED) is 0.784. The lowest BCUT2D eigenvalue weighted by molar-refractivity contribution is 0.271. The molecule has 0 aliphatic carbocycles. The summed E-state index contributed by atoms with van der Waals surface area (Å²) in [7, 11) is 0. The maximum absolute atomic E-state index is 5.91. The van der Waals surface area contributed by atoms with E-state index in [1.54, 1.807) is 0 Å². The van der Waals surface area contributed by atoms with E-state index >= 15 is 0 Å². The molecule has 0 aliphatic rings. The van der Waals surface area contributed by atoms with Crippen molar-refractivity contribution in [3.63, 3.8) is 0 Å². The van der Waals surface area contributed by atoms with E-state index in [9.17, 15) is 0 Å². The van der Waals surface area contributed by atoms with Gasteiger partial charge in [0.15, 0.2) is 0 Å². The molecule has 0 saturated carbocycles. The molecule has 0 atom stereocenters. The van der Waals surface area contributed by atoms with Gasteiger partial charge < -0.3 is 5.73 Å². The van der Waals surface area contributed by atoms with Crippen LogP contribution in [0.25, 0.3) is 0 Å². The van der Waals surface area contributed by atoms with Crippen LogP contribution in [0.1, 0.15) is 37.8 Å². The highest BCUT2D eigenvalue weighted by atomic mass is 14.6. The smallest absolute Gasteiger partial charge is 0.00175 e. The average Bonchev–Trinajstić information content (AvgIpc) is 2.29. The van der Waals surface area contributed by atoms with Gasteiger partial charge in [-0.15, -0.1) is 0 Å². The highest BCUT2D eigenvalue weighted by molar-refractivity contribution is 5.22. The van der Waals surface area contributed by atoms with Crippen LogP contribution in [-0.2, 0) is 6.42 Å². The summed E-state index contributed by atoms with van der Waals surface area (Å²) in [6, 6.07) is 8.82. The molecule has 0 spiro atoms. The van der Waals surface area contributed by atoms with Crippen LogP contribution in [0.5, 0.6) is 0 Å². The van der Waals surface area contributed by atoms with E-state index in [2.05, 4.69) is 45.0 Å². The molecule has 84 valence electrons. The van der Waals surface area contributed by atoms with Crippen molar-refractivity contribution in [2.24, 2.45) is 11.1 Å². The fourth-order valence-corrected chi connectivity index (χ4v) is 2.00. The summed E-state index contributed by atoms with van der Waals surface area (Å²) in [5.41, 5.74) is 8.94. The third-order valence-electron chi connectivity index (χ3n) is 3.63. The fourth-order valence-electron chi connectivity index (χ4n) is 2.00.